The number of aryl methyl sites for hydroxylation is 4. The molecule has 19 rings (SSSR count). The number of Topliss-reactive ketones (excluding diaryl/α,β-unsaturated/α-hetero) is 2. The number of carbonyl (C=O) groups is 6. The Morgan fingerprint density at radius 1 is 0.345 bits per heavy atom. The Hall–Kier alpha value is -14.3. The van der Waals surface area contributed by atoms with Crippen LogP contribution in [0.5, 0.6) is 0 Å². The summed E-state index contributed by atoms with van der Waals surface area (Å²) in [4.78, 5) is 94.1. The Labute approximate surface area is 903 Å². The van der Waals surface area contributed by atoms with Crippen molar-refractivity contribution in [3.05, 3.63) is 499 Å². The molecule has 746 valence electrons. The summed E-state index contributed by atoms with van der Waals surface area (Å²) in [5.74, 6) is -0.635. The zero-order valence-electron chi connectivity index (χ0n) is 83.0. The van der Waals surface area contributed by atoms with E-state index in [-0.39, 0.29) is 61.1 Å². The minimum absolute atomic E-state index is 0.129. The van der Waals surface area contributed by atoms with Gasteiger partial charge in [0.2, 0.25) is 0 Å². The molecule has 0 bridgehead atoms. The van der Waals surface area contributed by atoms with Gasteiger partial charge in [-0.05, 0) is 142 Å². The molecule has 0 aliphatic carbocycles. The van der Waals surface area contributed by atoms with Crippen molar-refractivity contribution in [2.24, 2.45) is 4.99 Å². The predicted octanol–water partition coefficient (Wildman–Crippen LogP) is 25.6. The molecule has 21 nitrogen and oxygen atoms in total. The first-order valence-corrected chi connectivity index (χ1v) is 58.1. The first-order valence-electron chi connectivity index (χ1n) is 49.3. The number of pyridine rings is 4. The van der Waals surface area contributed by atoms with Crippen molar-refractivity contribution in [2.75, 3.05) is 26.4 Å². The molecule has 0 atom stereocenters. The van der Waals surface area contributed by atoms with Crippen molar-refractivity contribution >= 4 is 133 Å². The van der Waals surface area contributed by atoms with E-state index in [4.69, 9.17) is 57.7 Å². The summed E-state index contributed by atoms with van der Waals surface area (Å²) in [5.41, 5.74) is 18.2. The number of rotatable bonds is 36. The Bertz CT molecular complexity index is 7140. The van der Waals surface area contributed by atoms with Crippen molar-refractivity contribution in [1.29, 1.82) is 0 Å². The van der Waals surface area contributed by atoms with Gasteiger partial charge in [-0.3, -0.25) is 43.7 Å². The zero-order valence-corrected chi connectivity index (χ0v) is 91.3. The molecule has 0 saturated heterocycles. The number of fused-ring (bicyclic) bond motifs is 4. The number of esters is 4. The fraction of sp³-hybridized carbons (Fsp3) is 0.205. The number of ketones is 2. The molecule has 0 radical (unpaired) electrons. The molecule has 0 fully saturated rings. The number of nitrogens with zero attached hydrogens (tertiary/aromatic N) is 11. The van der Waals surface area contributed by atoms with Crippen LogP contribution in [-0.4, -0.2) is 117 Å². The van der Waals surface area contributed by atoms with Crippen LogP contribution in [0.15, 0.2) is 388 Å². The Kier molecular flexibility index (Phi) is 40.6. The van der Waals surface area contributed by atoms with E-state index in [1.165, 1.54) is 21.9 Å². The number of carbonyl (C=O) groups excluding carboxylic acids is 6. The summed E-state index contributed by atoms with van der Waals surface area (Å²) in [5, 5.41) is 19.0. The SMILES string of the molecule is CCOC(=O)CCC1=NCc2cc(CC(=O)CCc3ccccc3)ncc21.CCOC(=O)CCc1nn(C(c2ccccc2)(c2ccccc2)c2ccccc2)c2cc(CC(=O)CCc3ccccc3)ncc12.CCOC(=O)CCc1nn(C(c2ccccc2)(c2ccccc2)c2ccccc2)c2cc(Cl)ncc12.Clc1cc2c(cn1)c(I)nn2C(c1ccccc1)(c1ccccc1)c1ccccc1.[CH2-]CC(=O)OCC.[Zn+][Br]. The number of ether oxygens (including phenoxy) is 4. The zero-order chi connectivity index (χ0) is 104. The molecule has 1 aliphatic rings. The number of hydrogen-bond acceptors (Lipinski definition) is 18. The second kappa shape index (κ2) is 55.0. The quantitative estimate of drug-likeness (QED) is 0.00672. The first kappa shape index (κ1) is 109. The van der Waals surface area contributed by atoms with E-state index in [0.29, 0.717) is 100 Å². The van der Waals surface area contributed by atoms with Crippen LogP contribution in [0, 0.1) is 10.6 Å². The fourth-order valence-electron chi connectivity index (χ4n) is 18.6. The van der Waals surface area contributed by atoms with Crippen LogP contribution in [0.25, 0.3) is 32.7 Å². The van der Waals surface area contributed by atoms with Crippen LogP contribution in [0.2, 0.25) is 10.3 Å². The van der Waals surface area contributed by atoms with Gasteiger partial charge in [0.05, 0.1) is 85.6 Å². The summed E-state index contributed by atoms with van der Waals surface area (Å²) in [6.45, 7) is 12.6. The summed E-state index contributed by atoms with van der Waals surface area (Å²) in [7, 11) is 0. The van der Waals surface area contributed by atoms with Gasteiger partial charge in [-0.1, -0.05) is 363 Å². The van der Waals surface area contributed by atoms with E-state index in [2.05, 4.69) is 223 Å². The van der Waals surface area contributed by atoms with Crippen molar-refractivity contribution in [3.63, 3.8) is 0 Å². The molecule has 0 spiro atoms. The molecular weight excluding hydrogens is 2120 g/mol. The van der Waals surface area contributed by atoms with Crippen LogP contribution < -0.4 is 0 Å². The van der Waals surface area contributed by atoms with E-state index < -0.39 is 16.6 Å². The second-order valence-electron chi connectivity index (χ2n) is 34.6. The average molecular weight is 2240 g/mol. The van der Waals surface area contributed by atoms with Gasteiger partial charge in [-0.15, -0.1) is 0 Å². The summed E-state index contributed by atoms with van der Waals surface area (Å²) >= 11 is 19.3. The average Bonchev–Trinajstić information content (AvgIpc) is 1.52. The molecular formula is C122H113BrCl2IN11O10Zn. The molecule has 0 amide bonds. The Morgan fingerprint density at radius 2 is 0.622 bits per heavy atom. The number of aliphatic imine (C=N–C) groups is 1. The van der Waals surface area contributed by atoms with Gasteiger partial charge in [0.15, 0.2) is 0 Å². The molecule has 148 heavy (non-hydrogen) atoms. The monoisotopic (exact) mass is 2230 g/mol. The summed E-state index contributed by atoms with van der Waals surface area (Å²) < 4.78 is 27.0. The molecule has 0 N–H and O–H groups in total. The van der Waals surface area contributed by atoms with Crippen LogP contribution in [0.1, 0.15) is 168 Å². The first-order chi connectivity index (χ1) is 72.4. The van der Waals surface area contributed by atoms with E-state index in [1.807, 2.05) is 237 Å². The Balaban J connectivity index is 0.000000154. The maximum absolute atomic E-state index is 13.2. The molecule has 18 aromatic rings. The number of benzene rings is 11. The predicted molar refractivity (Wildman–Crippen MR) is 592 cm³/mol. The van der Waals surface area contributed by atoms with Crippen molar-refractivity contribution < 1.29 is 64.1 Å². The molecule has 1 aliphatic heterocycles. The molecule has 11 aromatic carbocycles. The van der Waals surface area contributed by atoms with Gasteiger partial charge >= 0.3 is 47.9 Å². The fourth-order valence-corrected chi connectivity index (χ4v) is 19.5. The number of aromatic nitrogens is 10. The van der Waals surface area contributed by atoms with Crippen molar-refractivity contribution in [1.82, 2.24) is 49.3 Å². The van der Waals surface area contributed by atoms with Gasteiger partial charge in [-0.25, -0.2) is 24.0 Å². The Morgan fingerprint density at radius 3 is 0.946 bits per heavy atom. The minimum atomic E-state index is -0.861. The third-order valence-electron chi connectivity index (χ3n) is 25.2. The molecule has 0 saturated carbocycles. The third kappa shape index (κ3) is 26.8. The van der Waals surface area contributed by atoms with Crippen molar-refractivity contribution in [2.45, 2.75) is 134 Å². The van der Waals surface area contributed by atoms with E-state index >= 15 is 0 Å². The van der Waals surface area contributed by atoms with Gasteiger partial charge in [0, 0.05) is 115 Å². The summed E-state index contributed by atoms with van der Waals surface area (Å²) in [6.07, 6.45) is 12.5. The topological polar surface area (TPSA) is 257 Å². The standard InChI is InChI=1S/C40H37N3O3.C30H26ClN3O2.C25H17ClIN3.C22H24N2O3.C5H9O2.BrH.Zn/c1-2-46-39(45)26-25-37-36-29-41-34(27-35(44)24-23-30-15-7-3-8-16-30)28-38(36)43(42-37)40(31-17-9-4-10-18-31,32-19-11-5-12-20-32)33-21-13-6-14-22-33;1-2-36-29(35)19-18-26-25-21-32-28(31)20-27(25)34(33-26)30(22-12-6-3-7-13-22,23-14-8-4-9-15-23)24-16-10-5-11-17-24;26-23-16-22-21(17-28-23)24(27)29-30(22)25(18-10-4-1-5-11-18,19-12-6-2-7-13-19)20-14-8-3-9-15-20;1-2-27-22(26)11-10-21-20-15-23-18(12-17(20)14-24-21)13-19(25)9-8-16-6-4-3-5-7-16;1-3-5(6)7-4-2;;/h3-22,28-29H,2,23-27H2,1H3;3-17,20-21H,2,18-19H2,1H3;1-17H;3-7,12,15H,2,8-11,13-14H2,1H3;1,3-4H2,2H3;1H;/q;;;;-1;;+2/p-1. The van der Waals surface area contributed by atoms with E-state index in [9.17, 15) is 28.8 Å². The normalized spacial score (nSPS) is 11.4. The molecule has 7 aromatic heterocycles. The van der Waals surface area contributed by atoms with Gasteiger partial charge in [0.25, 0.3) is 5.97 Å². The number of hydrogen-bond donors (Lipinski definition) is 0. The summed E-state index contributed by atoms with van der Waals surface area (Å²) in [6, 6.07) is 121. The van der Waals surface area contributed by atoms with Crippen molar-refractivity contribution in [3.8, 4) is 0 Å². The second-order valence-corrected chi connectivity index (χ2v) is 36.4. The molecule has 26 heteroatoms. The van der Waals surface area contributed by atoms with Gasteiger partial charge in [0.1, 0.15) is 42.2 Å². The molecule has 0 unspecified atom stereocenters. The van der Waals surface area contributed by atoms with Crippen LogP contribution in [0.3, 0.4) is 0 Å². The van der Waals surface area contributed by atoms with Crippen LogP contribution in [0.4, 0.5) is 0 Å². The van der Waals surface area contributed by atoms with Gasteiger partial charge in [-0.2, -0.15) is 15.3 Å². The van der Waals surface area contributed by atoms with E-state index in [1.54, 1.807) is 32.4 Å². The molecule has 8 heterocycles. The third-order valence-corrected chi connectivity index (χ3v) is 26.4. The number of halogens is 4. The maximum atomic E-state index is 13.2. The van der Waals surface area contributed by atoms with Crippen LogP contribution in [-0.2, 0) is 126 Å². The van der Waals surface area contributed by atoms with Gasteiger partial charge < -0.3 is 25.9 Å². The van der Waals surface area contributed by atoms with Crippen LogP contribution >= 0.6 is 59.4 Å². The van der Waals surface area contributed by atoms with E-state index in [0.717, 1.165) is 132 Å².